The van der Waals surface area contributed by atoms with Crippen LogP contribution in [0.1, 0.15) is 46.8 Å². The molecule has 140 valence electrons. The molecule has 0 amide bonds. The minimum absolute atomic E-state index is 0.320. The highest BCUT2D eigenvalue weighted by Crippen LogP contribution is 2.43. The van der Waals surface area contributed by atoms with E-state index in [1.54, 1.807) is 0 Å². The van der Waals surface area contributed by atoms with Gasteiger partial charge in [0.1, 0.15) is 5.75 Å². The zero-order valence-corrected chi connectivity index (χ0v) is 17.8. The zero-order valence-electron chi connectivity index (χ0n) is 15.9. The van der Waals surface area contributed by atoms with Crippen molar-refractivity contribution in [3.8, 4) is 5.75 Å². The van der Waals surface area contributed by atoms with Crippen molar-refractivity contribution in [2.45, 2.75) is 38.1 Å². The Morgan fingerprint density at radius 3 is 2.33 bits per heavy atom. The third kappa shape index (κ3) is 4.75. The maximum atomic E-state index is 11.0. The van der Waals surface area contributed by atoms with Crippen LogP contribution in [0.25, 0.3) is 0 Å². The Bertz CT molecular complexity index is 892. The fraction of sp³-hybridized carbons (Fsp3) is 0.250. The number of phenols is 1. The molecule has 0 aliphatic carbocycles. The van der Waals surface area contributed by atoms with Gasteiger partial charge < -0.3 is 5.11 Å². The Labute approximate surface area is 170 Å². The topological polar surface area (TPSA) is 20.2 Å². The lowest BCUT2D eigenvalue weighted by molar-refractivity contribution is 0.461. The monoisotopic (exact) mass is 394 g/mol. The highest BCUT2D eigenvalue weighted by Gasteiger charge is 2.19. The molecule has 3 heteroatoms. The highest BCUT2D eigenvalue weighted by molar-refractivity contribution is 7.79. The molecule has 0 fully saturated rings. The Morgan fingerprint density at radius 1 is 0.926 bits per heavy atom. The van der Waals surface area contributed by atoms with Crippen molar-refractivity contribution in [2.24, 2.45) is 0 Å². The number of hydrogen-bond donors (Lipinski definition) is 2. The van der Waals surface area contributed by atoms with Crippen molar-refractivity contribution >= 4 is 26.5 Å². The quantitative estimate of drug-likeness (QED) is 0.362. The molecular formula is C24H27OPS. The van der Waals surface area contributed by atoms with Gasteiger partial charge in [0.25, 0.3) is 0 Å². The van der Waals surface area contributed by atoms with Crippen LogP contribution in [0.2, 0.25) is 0 Å². The van der Waals surface area contributed by atoms with Gasteiger partial charge in [-0.3, -0.25) is 0 Å². The predicted octanol–water partition coefficient (Wildman–Crippen LogP) is 6.18. The van der Waals surface area contributed by atoms with Crippen molar-refractivity contribution in [3.63, 3.8) is 0 Å². The van der Waals surface area contributed by atoms with Crippen LogP contribution < -0.4 is 5.30 Å². The van der Waals surface area contributed by atoms with Crippen LogP contribution in [0.4, 0.5) is 0 Å². The van der Waals surface area contributed by atoms with Crippen LogP contribution in [0.3, 0.4) is 0 Å². The van der Waals surface area contributed by atoms with E-state index in [1.807, 2.05) is 24.3 Å². The van der Waals surface area contributed by atoms with Crippen LogP contribution >= 0.6 is 21.2 Å². The van der Waals surface area contributed by atoms with Gasteiger partial charge in [-0.15, -0.1) is 0 Å². The van der Waals surface area contributed by atoms with Crippen LogP contribution in [-0.4, -0.2) is 5.11 Å². The van der Waals surface area contributed by atoms with Gasteiger partial charge in [-0.05, 0) is 40.9 Å². The van der Waals surface area contributed by atoms with Gasteiger partial charge >= 0.3 is 0 Å². The second-order valence-corrected chi connectivity index (χ2v) is 8.69. The molecule has 0 spiro atoms. The molecule has 0 saturated heterocycles. The molecule has 0 radical (unpaired) electrons. The van der Waals surface area contributed by atoms with Gasteiger partial charge in [-0.25, -0.2) is 0 Å². The standard InChI is InChI=1S/C24H27OPS/c1-3-22(26-24-17(2)9-7-13-20(24)16-27)21-14-8-12-19(23(21)25)15-18-10-5-4-6-11-18/h4-14,22,25-27H,3,15-16H2,1-2H3. The molecule has 3 aromatic rings. The number of aromatic hydroxyl groups is 1. The molecule has 0 aliphatic rings. The first kappa shape index (κ1) is 20.0. The summed E-state index contributed by atoms with van der Waals surface area (Å²) in [6.45, 7) is 4.38. The normalized spacial score (nSPS) is 12.6. The van der Waals surface area contributed by atoms with Crippen molar-refractivity contribution in [1.82, 2.24) is 0 Å². The summed E-state index contributed by atoms with van der Waals surface area (Å²) in [6, 6.07) is 23.0. The van der Waals surface area contributed by atoms with Gasteiger partial charge in [-0.1, -0.05) is 82.2 Å². The first-order valence-corrected chi connectivity index (χ1v) is 11.2. The maximum Gasteiger partial charge on any atom is 0.122 e. The van der Waals surface area contributed by atoms with E-state index in [0.29, 0.717) is 20.0 Å². The minimum atomic E-state index is 0.320. The molecular weight excluding hydrogens is 367 g/mol. The van der Waals surface area contributed by atoms with E-state index in [1.165, 1.54) is 22.0 Å². The molecule has 2 unspecified atom stereocenters. The van der Waals surface area contributed by atoms with E-state index in [0.717, 1.165) is 29.7 Å². The third-order valence-corrected chi connectivity index (χ3v) is 7.43. The summed E-state index contributed by atoms with van der Waals surface area (Å²) < 4.78 is 0. The Morgan fingerprint density at radius 2 is 1.63 bits per heavy atom. The number of para-hydroxylation sites is 1. The lowest BCUT2D eigenvalue weighted by Gasteiger charge is -2.21. The summed E-state index contributed by atoms with van der Waals surface area (Å²) in [5, 5.41) is 12.4. The van der Waals surface area contributed by atoms with Crippen molar-refractivity contribution in [1.29, 1.82) is 0 Å². The summed E-state index contributed by atoms with van der Waals surface area (Å²) >= 11 is 4.51. The third-order valence-electron chi connectivity index (χ3n) is 5.02. The van der Waals surface area contributed by atoms with Crippen molar-refractivity contribution in [2.75, 3.05) is 0 Å². The molecule has 1 nitrogen and oxygen atoms in total. The Kier molecular flexibility index (Phi) is 6.99. The van der Waals surface area contributed by atoms with Crippen LogP contribution in [-0.2, 0) is 12.2 Å². The maximum absolute atomic E-state index is 11.0. The fourth-order valence-electron chi connectivity index (χ4n) is 3.49. The first-order valence-electron chi connectivity index (χ1n) is 9.44. The van der Waals surface area contributed by atoms with E-state index in [4.69, 9.17) is 0 Å². The second kappa shape index (κ2) is 9.44. The summed E-state index contributed by atoms with van der Waals surface area (Å²) in [4.78, 5) is 0. The Balaban J connectivity index is 1.91. The number of rotatable bonds is 7. The molecule has 0 bridgehead atoms. The predicted molar refractivity (Wildman–Crippen MR) is 122 cm³/mol. The summed E-state index contributed by atoms with van der Waals surface area (Å²) in [6.07, 6.45) is 1.76. The van der Waals surface area contributed by atoms with Crippen LogP contribution in [0, 0.1) is 6.92 Å². The van der Waals surface area contributed by atoms with Crippen LogP contribution in [0.15, 0.2) is 66.7 Å². The number of hydrogen-bond acceptors (Lipinski definition) is 2. The van der Waals surface area contributed by atoms with E-state index in [2.05, 4.69) is 68.9 Å². The molecule has 0 saturated carbocycles. The molecule has 3 aromatic carbocycles. The molecule has 0 heterocycles. The second-order valence-electron chi connectivity index (χ2n) is 6.89. The average molecular weight is 395 g/mol. The molecule has 0 aliphatic heterocycles. The van der Waals surface area contributed by atoms with E-state index < -0.39 is 0 Å². The number of benzene rings is 3. The smallest absolute Gasteiger partial charge is 0.122 e. The van der Waals surface area contributed by atoms with E-state index in [9.17, 15) is 5.11 Å². The fourth-order valence-corrected chi connectivity index (χ4v) is 5.51. The van der Waals surface area contributed by atoms with E-state index >= 15 is 0 Å². The summed E-state index contributed by atoms with van der Waals surface area (Å²) in [5.74, 6) is 1.21. The average Bonchev–Trinajstić information content (AvgIpc) is 2.70. The van der Waals surface area contributed by atoms with Gasteiger partial charge in [0, 0.05) is 23.4 Å². The lowest BCUT2D eigenvalue weighted by atomic mass is 9.99. The largest absolute Gasteiger partial charge is 0.507 e. The van der Waals surface area contributed by atoms with Crippen molar-refractivity contribution < 1.29 is 5.11 Å². The molecule has 27 heavy (non-hydrogen) atoms. The van der Waals surface area contributed by atoms with Gasteiger partial charge in [0.2, 0.25) is 0 Å². The van der Waals surface area contributed by atoms with E-state index in [-0.39, 0.29) is 0 Å². The Hall–Kier alpha value is -1.76. The van der Waals surface area contributed by atoms with Crippen LogP contribution in [0.5, 0.6) is 5.75 Å². The molecule has 2 atom stereocenters. The van der Waals surface area contributed by atoms with Crippen molar-refractivity contribution in [3.05, 3.63) is 94.5 Å². The van der Waals surface area contributed by atoms with Gasteiger partial charge in [-0.2, -0.15) is 12.6 Å². The first-order chi connectivity index (χ1) is 13.1. The van der Waals surface area contributed by atoms with Gasteiger partial charge in [0.15, 0.2) is 0 Å². The minimum Gasteiger partial charge on any atom is -0.507 e. The molecule has 3 rings (SSSR count). The SMILES string of the molecule is CCC(Pc1c(C)cccc1CS)c1cccc(Cc2ccccc2)c1O. The number of thiol groups is 1. The summed E-state index contributed by atoms with van der Waals surface area (Å²) in [5.41, 5.74) is 6.23. The zero-order chi connectivity index (χ0) is 19.2. The molecule has 0 aromatic heterocycles. The number of aryl methyl sites for hydroxylation is 1. The molecule has 1 N–H and O–H groups in total. The number of phenolic OH excluding ortho intramolecular Hbond substituents is 1. The van der Waals surface area contributed by atoms with Gasteiger partial charge in [0.05, 0.1) is 0 Å². The highest BCUT2D eigenvalue weighted by atomic mass is 32.1. The lowest BCUT2D eigenvalue weighted by Crippen LogP contribution is -2.09. The summed E-state index contributed by atoms with van der Waals surface area (Å²) in [7, 11) is 0.629.